The van der Waals surface area contributed by atoms with Gasteiger partial charge in [-0.15, -0.1) is 0 Å². The number of rotatable bonds is 6. The fraction of sp³-hybridized carbons (Fsp3) is 0.462. The maximum Gasteiger partial charge on any atom is 0.188 e. The van der Waals surface area contributed by atoms with Gasteiger partial charge >= 0.3 is 0 Å². The van der Waals surface area contributed by atoms with Crippen LogP contribution in [0.2, 0.25) is 0 Å². The number of carbonyl (C=O) groups is 1. The summed E-state index contributed by atoms with van der Waals surface area (Å²) in [6, 6.07) is 8.02. The molecule has 0 unspecified atom stereocenters. The summed E-state index contributed by atoms with van der Waals surface area (Å²) < 4.78 is 5.09. The molecule has 0 amide bonds. The van der Waals surface area contributed by atoms with Gasteiger partial charge in [0.05, 0.1) is 7.11 Å². The monoisotopic (exact) mass is 238 g/mol. The summed E-state index contributed by atoms with van der Waals surface area (Å²) in [5, 5.41) is 0.302. The number of thioether (sulfide) groups is 1. The zero-order chi connectivity index (χ0) is 11.8. The molecule has 0 bridgehead atoms. The van der Waals surface area contributed by atoms with Gasteiger partial charge in [0.15, 0.2) is 5.12 Å². The normalized spacial score (nSPS) is 10.1. The van der Waals surface area contributed by atoms with Crippen LogP contribution in [0.1, 0.15) is 25.3 Å². The van der Waals surface area contributed by atoms with Crippen molar-refractivity contribution in [2.45, 2.75) is 26.2 Å². The van der Waals surface area contributed by atoms with Gasteiger partial charge in [0.1, 0.15) is 5.75 Å². The van der Waals surface area contributed by atoms with Crippen molar-refractivity contribution in [2.24, 2.45) is 0 Å². The van der Waals surface area contributed by atoms with E-state index in [4.69, 9.17) is 4.74 Å². The average Bonchev–Trinajstić information content (AvgIpc) is 2.30. The zero-order valence-corrected chi connectivity index (χ0v) is 10.7. The number of aryl methyl sites for hydroxylation is 1. The second kappa shape index (κ2) is 7.34. The standard InChI is InChI=1S/C13H18O2S/c1-3-16-13(14)6-4-5-11-7-9-12(15-2)10-8-11/h7-10H,3-6H2,1-2H3. The van der Waals surface area contributed by atoms with Gasteiger partial charge < -0.3 is 4.74 Å². The Hall–Kier alpha value is -0.960. The zero-order valence-electron chi connectivity index (χ0n) is 9.86. The number of hydrogen-bond acceptors (Lipinski definition) is 3. The Morgan fingerprint density at radius 2 is 2.00 bits per heavy atom. The molecule has 0 fully saturated rings. The molecule has 0 atom stereocenters. The van der Waals surface area contributed by atoms with E-state index in [0.29, 0.717) is 11.5 Å². The smallest absolute Gasteiger partial charge is 0.188 e. The number of benzene rings is 1. The first kappa shape index (κ1) is 13.1. The lowest BCUT2D eigenvalue weighted by molar-refractivity contribution is -0.111. The first-order valence-electron chi connectivity index (χ1n) is 5.54. The molecule has 1 rings (SSSR count). The topological polar surface area (TPSA) is 26.3 Å². The van der Waals surface area contributed by atoms with E-state index >= 15 is 0 Å². The summed E-state index contributed by atoms with van der Waals surface area (Å²) in [6.07, 6.45) is 2.56. The van der Waals surface area contributed by atoms with Crippen LogP contribution in [-0.2, 0) is 11.2 Å². The van der Waals surface area contributed by atoms with Crippen LogP contribution in [0.15, 0.2) is 24.3 Å². The highest BCUT2D eigenvalue weighted by Crippen LogP contribution is 2.14. The molecule has 1 aromatic rings. The summed E-state index contributed by atoms with van der Waals surface area (Å²) in [5.74, 6) is 1.75. The van der Waals surface area contributed by atoms with Crippen LogP contribution in [-0.4, -0.2) is 18.0 Å². The lowest BCUT2D eigenvalue weighted by Gasteiger charge is -2.03. The Kier molecular flexibility index (Phi) is 6.01. The molecule has 2 nitrogen and oxygen atoms in total. The quantitative estimate of drug-likeness (QED) is 0.760. The number of methoxy groups -OCH3 is 1. The third-order valence-corrected chi connectivity index (χ3v) is 3.13. The van der Waals surface area contributed by atoms with Crippen LogP contribution >= 0.6 is 11.8 Å². The van der Waals surface area contributed by atoms with E-state index in [-0.39, 0.29) is 0 Å². The van der Waals surface area contributed by atoms with E-state index < -0.39 is 0 Å². The van der Waals surface area contributed by atoms with Crippen LogP contribution in [0.25, 0.3) is 0 Å². The van der Waals surface area contributed by atoms with E-state index in [1.165, 1.54) is 17.3 Å². The SMILES string of the molecule is CCSC(=O)CCCc1ccc(OC)cc1. The van der Waals surface area contributed by atoms with Crippen molar-refractivity contribution >= 4 is 16.9 Å². The van der Waals surface area contributed by atoms with Crippen molar-refractivity contribution < 1.29 is 9.53 Å². The predicted octanol–water partition coefficient (Wildman–Crippen LogP) is 3.30. The van der Waals surface area contributed by atoms with Gasteiger partial charge in [0, 0.05) is 6.42 Å². The molecule has 0 N–H and O–H groups in total. The lowest BCUT2D eigenvalue weighted by atomic mass is 10.1. The van der Waals surface area contributed by atoms with Crippen LogP contribution in [0, 0.1) is 0 Å². The maximum absolute atomic E-state index is 11.3. The molecule has 0 aromatic heterocycles. The van der Waals surface area contributed by atoms with Gasteiger partial charge in [-0.2, -0.15) is 0 Å². The number of ether oxygens (including phenoxy) is 1. The second-order valence-corrected chi connectivity index (χ2v) is 4.83. The summed E-state index contributed by atoms with van der Waals surface area (Å²) in [7, 11) is 1.66. The highest BCUT2D eigenvalue weighted by molar-refractivity contribution is 8.13. The first-order valence-corrected chi connectivity index (χ1v) is 6.53. The molecule has 0 spiro atoms. The van der Waals surface area contributed by atoms with Gasteiger partial charge in [-0.25, -0.2) is 0 Å². The minimum absolute atomic E-state index is 0.302. The summed E-state index contributed by atoms with van der Waals surface area (Å²) in [4.78, 5) is 11.3. The minimum Gasteiger partial charge on any atom is -0.497 e. The van der Waals surface area contributed by atoms with Crippen molar-refractivity contribution in [1.82, 2.24) is 0 Å². The molecule has 16 heavy (non-hydrogen) atoms. The van der Waals surface area contributed by atoms with E-state index in [1.807, 2.05) is 19.1 Å². The van der Waals surface area contributed by atoms with E-state index in [1.54, 1.807) is 7.11 Å². The average molecular weight is 238 g/mol. The first-order chi connectivity index (χ1) is 7.76. The molecule has 0 heterocycles. The van der Waals surface area contributed by atoms with Gasteiger partial charge in [-0.3, -0.25) is 4.79 Å². The van der Waals surface area contributed by atoms with Crippen LogP contribution in [0.5, 0.6) is 5.75 Å². The summed E-state index contributed by atoms with van der Waals surface area (Å²) in [6.45, 7) is 2.01. The van der Waals surface area contributed by atoms with E-state index in [2.05, 4.69) is 12.1 Å². The van der Waals surface area contributed by atoms with Gasteiger partial charge in [0.2, 0.25) is 0 Å². The summed E-state index contributed by atoms with van der Waals surface area (Å²) in [5.41, 5.74) is 1.26. The van der Waals surface area contributed by atoms with Crippen molar-refractivity contribution in [1.29, 1.82) is 0 Å². The Morgan fingerprint density at radius 1 is 1.31 bits per heavy atom. The van der Waals surface area contributed by atoms with E-state index in [9.17, 15) is 4.79 Å². The maximum atomic E-state index is 11.3. The molecule has 88 valence electrons. The Bertz CT molecular complexity index is 319. The van der Waals surface area contributed by atoms with Crippen molar-refractivity contribution in [3.8, 4) is 5.75 Å². The Balaban J connectivity index is 2.29. The Morgan fingerprint density at radius 3 is 2.56 bits per heavy atom. The van der Waals surface area contributed by atoms with Crippen LogP contribution < -0.4 is 4.74 Å². The molecule has 1 aromatic carbocycles. The van der Waals surface area contributed by atoms with Crippen LogP contribution in [0.4, 0.5) is 0 Å². The van der Waals surface area contributed by atoms with E-state index in [0.717, 1.165) is 24.3 Å². The van der Waals surface area contributed by atoms with Gasteiger partial charge in [-0.1, -0.05) is 30.8 Å². The molecule has 0 saturated carbocycles. The van der Waals surface area contributed by atoms with Crippen LogP contribution in [0.3, 0.4) is 0 Å². The highest BCUT2D eigenvalue weighted by Gasteiger charge is 2.01. The summed E-state index contributed by atoms with van der Waals surface area (Å²) >= 11 is 1.41. The molecular formula is C13H18O2S. The molecular weight excluding hydrogens is 220 g/mol. The van der Waals surface area contributed by atoms with Gasteiger partial charge in [-0.05, 0) is 36.3 Å². The highest BCUT2D eigenvalue weighted by atomic mass is 32.2. The molecule has 3 heteroatoms. The molecule has 0 saturated heterocycles. The van der Waals surface area contributed by atoms with Crippen molar-refractivity contribution in [3.05, 3.63) is 29.8 Å². The second-order valence-electron chi connectivity index (χ2n) is 3.51. The predicted molar refractivity (Wildman–Crippen MR) is 69.1 cm³/mol. The Labute approximate surface area is 101 Å². The number of hydrogen-bond donors (Lipinski definition) is 0. The molecule has 0 radical (unpaired) electrons. The molecule has 0 aliphatic rings. The third-order valence-electron chi connectivity index (χ3n) is 2.31. The minimum atomic E-state index is 0.302. The fourth-order valence-electron chi connectivity index (χ4n) is 1.46. The number of carbonyl (C=O) groups excluding carboxylic acids is 1. The fourth-order valence-corrected chi connectivity index (χ4v) is 2.07. The van der Waals surface area contributed by atoms with Crippen molar-refractivity contribution in [3.63, 3.8) is 0 Å². The largest absolute Gasteiger partial charge is 0.497 e. The third kappa shape index (κ3) is 4.71. The van der Waals surface area contributed by atoms with Gasteiger partial charge in [0.25, 0.3) is 0 Å². The lowest BCUT2D eigenvalue weighted by Crippen LogP contribution is -1.94. The van der Waals surface area contributed by atoms with Crippen molar-refractivity contribution in [2.75, 3.05) is 12.9 Å². The molecule has 0 aliphatic carbocycles. The molecule has 0 aliphatic heterocycles.